The molecule has 98 valence electrons. The van der Waals surface area contributed by atoms with E-state index in [1.807, 2.05) is 0 Å². The van der Waals surface area contributed by atoms with Gasteiger partial charge in [-0.25, -0.2) is 4.79 Å². The molecule has 0 bridgehead atoms. The van der Waals surface area contributed by atoms with Gasteiger partial charge < -0.3 is 4.74 Å². The highest BCUT2D eigenvalue weighted by Gasteiger charge is 2.18. The Kier molecular flexibility index (Phi) is 4.59. The highest BCUT2D eigenvalue weighted by atomic mass is 35.5. The Morgan fingerprint density at radius 2 is 1.94 bits per heavy atom. The van der Waals surface area contributed by atoms with E-state index in [-0.39, 0.29) is 16.3 Å². The van der Waals surface area contributed by atoms with Gasteiger partial charge in [-0.2, -0.15) is 0 Å². The molecule has 6 heteroatoms. The number of rotatable bonds is 2. The number of amides is 1. The summed E-state index contributed by atoms with van der Waals surface area (Å²) in [5.41, 5.74) is -0.253. The highest BCUT2D eigenvalue weighted by Crippen LogP contribution is 2.28. The van der Waals surface area contributed by atoms with E-state index < -0.39 is 11.7 Å². The lowest BCUT2D eigenvalue weighted by Crippen LogP contribution is -2.27. The Balaban J connectivity index is 2.97. The fourth-order valence-electron chi connectivity index (χ4n) is 1.22. The van der Waals surface area contributed by atoms with E-state index in [9.17, 15) is 9.59 Å². The lowest BCUT2D eigenvalue weighted by atomic mass is 10.2. The maximum Gasteiger partial charge on any atom is 0.412 e. The molecule has 4 nitrogen and oxygen atoms in total. The van der Waals surface area contributed by atoms with Gasteiger partial charge in [-0.15, -0.1) is 0 Å². The van der Waals surface area contributed by atoms with Crippen LogP contribution in [0.25, 0.3) is 0 Å². The Bertz CT molecular complexity index is 481. The molecular formula is C12H13Cl2NO3. The fraction of sp³-hybridized carbons (Fsp3) is 0.333. The molecule has 0 unspecified atom stereocenters. The molecule has 0 radical (unpaired) electrons. The Morgan fingerprint density at radius 3 is 2.44 bits per heavy atom. The summed E-state index contributed by atoms with van der Waals surface area (Å²) in [6.07, 6.45) is -0.130. The van der Waals surface area contributed by atoms with Crippen molar-refractivity contribution in [2.24, 2.45) is 0 Å². The highest BCUT2D eigenvalue weighted by molar-refractivity contribution is 6.37. The van der Waals surface area contributed by atoms with Gasteiger partial charge in [0.1, 0.15) is 5.60 Å². The lowest BCUT2D eigenvalue weighted by Gasteiger charge is -2.20. The zero-order chi connectivity index (χ0) is 13.9. The largest absolute Gasteiger partial charge is 0.444 e. The predicted octanol–water partition coefficient (Wildman–Crippen LogP) is 4.15. The Labute approximate surface area is 115 Å². The number of ether oxygens (including phenoxy) is 1. The average Bonchev–Trinajstić information content (AvgIpc) is 2.13. The van der Waals surface area contributed by atoms with Gasteiger partial charge >= 0.3 is 6.09 Å². The topological polar surface area (TPSA) is 55.4 Å². The standard InChI is InChI=1S/C12H13Cl2NO3/c1-12(2,3)18-11(17)15-10-5-7(13)4-9(14)8(10)6-16/h4-6H,1-3H3,(H,15,17). The number of anilines is 1. The Hall–Kier alpha value is -1.26. The van der Waals surface area contributed by atoms with Gasteiger partial charge in [0, 0.05) is 5.02 Å². The van der Waals surface area contributed by atoms with Crippen LogP contribution in [-0.2, 0) is 4.74 Å². The number of nitrogens with one attached hydrogen (secondary N) is 1. The molecule has 0 aliphatic carbocycles. The van der Waals surface area contributed by atoms with Gasteiger partial charge in [-0.3, -0.25) is 10.1 Å². The molecule has 18 heavy (non-hydrogen) atoms. The number of aldehydes is 1. The number of benzene rings is 1. The number of carbonyl (C=O) groups is 2. The minimum Gasteiger partial charge on any atom is -0.444 e. The second-order valence-corrected chi connectivity index (χ2v) is 5.44. The monoisotopic (exact) mass is 289 g/mol. The van der Waals surface area contributed by atoms with Crippen LogP contribution in [0, 0.1) is 0 Å². The molecular weight excluding hydrogens is 277 g/mol. The van der Waals surface area contributed by atoms with E-state index in [2.05, 4.69) is 5.32 Å². The summed E-state index contributed by atoms with van der Waals surface area (Å²) >= 11 is 11.6. The third-order valence-corrected chi connectivity index (χ3v) is 2.38. The van der Waals surface area contributed by atoms with Crippen molar-refractivity contribution < 1.29 is 14.3 Å². The van der Waals surface area contributed by atoms with E-state index in [0.717, 1.165) is 0 Å². The van der Waals surface area contributed by atoms with Crippen molar-refractivity contribution in [1.29, 1.82) is 0 Å². The molecule has 1 rings (SSSR count). The average molecular weight is 290 g/mol. The van der Waals surface area contributed by atoms with Crippen LogP contribution in [0.5, 0.6) is 0 Å². The number of hydrogen-bond donors (Lipinski definition) is 1. The molecule has 0 heterocycles. The molecule has 1 aromatic carbocycles. The molecule has 0 atom stereocenters. The van der Waals surface area contributed by atoms with Crippen molar-refractivity contribution in [3.8, 4) is 0 Å². The van der Waals surface area contributed by atoms with Crippen LogP contribution in [-0.4, -0.2) is 18.0 Å². The zero-order valence-electron chi connectivity index (χ0n) is 10.2. The second kappa shape index (κ2) is 5.59. The van der Waals surface area contributed by atoms with E-state index in [0.29, 0.717) is 11.3 Å². The number of halogens is 2. The summed E-state index contributed by atoms with van der Waals surface area (Å²) in [4.78, 5) is 22.5. The smallest absolute Gasteiger partial charge is 0.412 e. The van der Waals surface area contributed by atoms with Gasteiger partial charge in [0.2, 0.25) is 0 Å². The maximum absolute atomic E-state index is 11.6. The van der Waals surface area contributed by atoms with E-state index in [1.54, 1.807) is 20.8 Å². The normalized spacial score (nSPS) is 10.9. The van der Waals surface area contributed by atoms with Crippen molar-refractivity contribution in [1.82, 2.24) is 0 Å². The first-order valence-corrected chi connectivity index (χ1v) is 5.93. The van der Waals surface area contributed by atoms with Gasteiger partial charge in [-0.05, 0) is 32.9 Å². The van der Waals surface area contributed by atoms with Crippen LogP contribution >= 0.6 is 23.2 Å². The van der Waals surface area contributed by atoms with Gasteiger partial charge in [0.05, 0.1) is 16.3 Å². The number of hydrogen-bond acceptors (Lipinski definition) is 3. The van der Waals surface area contributed by atoms with Crippen molar-refractivity contribution in [2.75, 3.05) is 5.32 Å². The summed E-state index contributed by atoms with van der Waals surface area (Å²) in [5.74, 6) is 0. The first-order chi connectivity index (χ1) is 8.23. The van der Waals surface area contributed by atoms with Crippen LogP contribution in [0.1, 0.15) is 31.1 Å². The molecule has 0 aromatic heterocycles. The first kappa shape index (κ1) is 14.8. The minimum absolute atomic E-state index is 0.159. The molecule has 0 saturated heterocycles. The van der Waals surface area contributed by atoms with Gasteiger partial charge in [-0.1, -0.05) is 23.2 Å². The second-order valence-electron chi connectivity index (χ2n) is 4.59. The maximum atomic E-state index is 11.6. The molecule has 0 aliphatic heterocycles. The SMILES string of the molecule is CC(C)(C)OC(=O)Nc1cc(Cl)cc(Cl)c1C=O. The van der Waals surface area contributed by atoms with Crippen molar-refractivity contribution >= 4 is 41.3 Å². The number of carbonyl (C=O) groups excluding carboxylic acids is 2. The zero-order valence-corrected chi connectivity index (χ0v) is 11.7. The van der Waals surface area contributed by atoms with Crippen molar-refractivity contribution in [3.63, 3.8) is 0 Å². The summed E-state index contributed by atoms with van der Waals surface area (Å²) in [5, 5.41) is 2.92. The van der Waals surface area contributed by atoms with Crippen LogP contribution in [0.15, 0.2) is 12.1 Å². The van der Waals surface area contributed by atoms with E-state index >= 15 is 0 Å². The quantitative estimate of drug-likeness (QED) is 0.832. The molecule has 0 saturated carbocycles. The van der Waals surface area contributed by atoms with Gasteiger partial charge in [0.25, 0.3) is 0 Å². The van der Waals surface area contributed by atoms with Crippen LogP contribution in [0.3, 0.4) is 0 Å². The van der Waals surface area contributed by atoms with E-state index in [4.69, 9.17) is 27.9 Å². The Morgan fingerprint density at radius 1 is 1.33 bits per heavy atom. The third kappa shape index (κ3) is 4.20. The predicted molar refractivity (Wildman–Crippen MR) is 71.7 cm³/mol. The fourth-order valence-corrected chi connectivity index (χ4v) is 1.76. The first-order valence-electron chi connectivity index (χ1n) is 5.17. The lowest BCUT2D eigenvalue weighted by molar-refractivity contribution is 0.0636. The summed E-state index contributed by atoms with van der Waals surface area (Å²) in [6, 6.07) is 2.86. The van der Waals surface area contributed by atoms with Crippen molar-refractivity contribution in [3.05, 3.63) is 27.7 Å². The molecule has 0 spiro atoms. The summed E-state index contributed by atoms with van der Waals surface area (Å²) in [7, 11) is 0. The minimum atomic E-state index is -0.677. The molecule has 1 N–H and O–H groups in total. The molecule has 1 amide bonds. The molecule has 1 aromatic rings. The molecule has 0 aliphatic rings. The summed E-state index contributed by atoms with van der Waals surface area (Å²) < 4.78 is 5.07. The van der Waals surface area contributed by atoms with Crippen LogP contribution in [0.4, 0.5) is 10.5 Å². The van der Waals surface area contributed by atoms with Crippen LogP contribution < -0.4 is 5.32 Å². The molecule has 0 fully saturated rings. The summed E-state index contributed by atoms with van der Waals surface area (Å²) in [6.45, 7) is 5.20. The van der Waals surface area contributed by atoms with E-state index in [1.165, 1.54) is 12.1 Å². The van der Waals surface area contributed by atoms with Crippen molar-refractivity contribution in [2.45, 2.75) is 26.4 Å². The van der Waals surface area contributed by atoms with Crippen LogP contribution in [0.2, 0.25) is 10.0 Å². The third-order valence-electron chi connectivity index (χ3n) is 1.85. The van der Waals surface area contributed by atoms with Gasteiger partial charge in [0.15, 0.2) is 6.29 Å².